The zero-order chi connectivity index (χ0) is 25.9. The van der Waals surface area contributed by atoms with Gasteiger partial charge in [-0.2, -0.15) is 0 Å². The zero-order valence-corrected chi connectivity index (χ0v) is 22.0. The van der Waals surface area contributed by atoms with E-state index in [4.69, 9.17) is 16.3 Å². The molecule has 0 N–H and O–H groups in total. The van der Waals surface area contributed by atoms with Crippen molar-refractivity contribution in [3.8, 4) is 16.9 Å². The first-order valence-corrected chi connectivity index (χ1v) is 13.8. The number of piperidine rings is 1. The van der Waals surface area contributed by atoms with Crippen molar-refractivity contribution in [2.45, 2.75) is 30.6 Å². The number of hydrogen-bond acceptors (Lipinski definition) is 4. The third kappa shape index (κ3) is 5.95. The van der Waals surface area contributed by atoms with E-state index in [1.807, 2.05) is 0 Å². The number of carbonyl (C=O) groups excluding carboxylic acids is 2. The van der Waals surface area contributed by atoms with E-state index >= 15 is 0 Å². The number of nitrogens with zero attached hydrogens (tertiary/aromatic N) is 3. The number of halogens is 4. The third-order valence-corrected chi connectivity index (χ3v) is 9.00. The number of carbonyl (C=O) groups is 2. The number of amides is 1. The SMILES string of the molecule is CCOC(=O)N1CCC([As]C(=O)c2ccc(-c3cc(C(F)(F)F)nn3-c3ccccc3Cl)cc2)CC1. The van der Waals surface area contributed by atoms with E-state index in [-0.39, 0.29) is 26.1 Å². The van der Waals surface area contributed by atoms with E-state index in [1.54, 1.807) is 60.4 Å². The summed E-state index contributed by atoms with van der Waals surface area (Å²) in [6.45, 7) is 3.23. The Morgan fingerprint density at radius 3 is 2.39 bits per heavy atom. The number of benzene rings is 2. The summed E-state index contributed by atoms with van der Waals surface area (Å²) in [4.78, 5) is 26.4. The fraction of sp³-hybridized carbons (Fsp3) is 0.320. The van der Waals surface area contributed by atoms with Gasteiger partial charge in [0.2, 0.25) is 0 Å². The van der Waals surface area contributed by atoms with Crippen LogP contribution in [0.5, 0.6) is 0 Å². The van der Waals surface area contributed by atoms with Crippen molar-refractivity contribution in [1.29, 1.82) is 0 Å². The van der Waals surface area contributed by atoms with Crippen LogP contribution in [-0.2, 0) is 10.9 Å². The van der Waals surface area contributed by atoms with Gasteiger partial charge in [0.1, 0.15) is 0 Å². The van der Waals surface area contributed by atoms with Gasteiger partial charge >= 0.3 is 218 Å². The summed E-state index contributed by atoms with van der Waals surface area (Å²) in [5, 5.41) is 4.03. The second-order valence-corrected chi connectivity index (χ2v) is 11.5. The number of rotatable bonds is 6. The van der Waals surface area contributed by atoms with Crippen molar-refractivity contribution >= 4 is 38.0 Å². The molecular formula is C25H23AsClF3N3O3. The average Bonchev–Trinajstić information content (AvgIpc) is 3.31. The van der Waals surface area contributed by atoms with E-state index < -0.39 is 27.6 Å². The number of alkyl halides is 3. The number of ether oxygens (including phenoxy) is 1. The van der Waals surface area contributed by atoms with Crippen molar-refractivity contribution in [1.82, 2.24) is 14.7 Å². The molecule has 1 amide bonds. The molecule has 0 bridgehead atoms. The van der Waals surface area contributed by atoms with Gasteiger partial charge in [-0.15, -0.1) is 0 Å². The normalized spacial score (nSPS) is 15.0. The Hall–Kier alpha value is -2.77. The Kier molecular flexibility index (Phi) is 8.10. The number of aromatic nitrogens is 2. The van der Waals surface area contributed by atoms with Gasteiger partial charge in [-0.3, -0.25) is 0 Å². The van der Waals surface area contributed by atoms with Crippen LogP contribution in [0.25, 0.3) is 16.9 Å². The van der Waals surface area contributed by atoms with Crippen LogP contribution in [0, 0.1) is 0 Å². The fourth-order valence-electron chi connectivity index (χ4n) is 3.95. The predicted molar refractivity (Wildman–Crippen MR) is 131 cm³/mol. The standard InChI is InChI=1S/C25H23AsClF3N3O3/c1-2-36-24(35)32-13-11-18(12-14-32)26-23(34)17-9-7-16(8-10-17)21-15-22(25(28,29)30)31-33(21)20-6-4-3-5-19(20)27/h3-10,15,18H,2,11-14H2,1H3. The average molecular weight is 581 g/mol. The van der Waals surface area contributed by atoms with Crippen LogP contribution in [0.4, 0.5) is 18.0 Å². The summed E-state index contributed by atoms with van der Waals surface area (Å²) in [7, 11) is 0. The molecule has 4 rings (SSSR count). The molecule has 1 aliphatic heterocycles. The van der Waals surface area contributed by atoms with Gasteiger partial charge in [0, 0.05) is 0 Å². The van der Waals surface area contributed by atoms with Gasteiger partial charge in [-0.05, 0) is 0 Å². The molecule has 0 saturated carbocycles. The van der Waals surface area contributed by atoms with Gasteiger partial charge in [0.05, 0.1) is 0 Å². The first-order valence-electron chi connectivity index (χ1n) is 11.4. The molecule has 1 radical (unpaired) electrons. The van der Waals surface area contributed by atoms with Gasteiger partial charge in [0.25, 0.3) is 0 Å². The van der Waals surface area contributed by atoms with E-state index in [1.165, 1.54) is 4.68 Å². The van der Waals surface area contributed by atoms with Crippen molar-refractivity contribution in [3.05, 3.63) is 70.9 Å². The van der Waals surface area contributed by atoms with Crippen LogP contribution < -0.4 is 0 Å². The molecule has 0 atom stereocenters. The van der Waals surface area contributed by atoms with Gasteiger partial charge < -0.3 is 0 Å². The molecule has 1 aliphatic rings. The van der Waals surface area contributed by atoms with Crippen molar-refractivity contribution in [2.75, 3.05) is 19.7 Å². The summed E-state index contributed by atoms with van der Waals surface area (Å²) < 4.78 is 46.8. The molecule has 1 aromatic heterocycles. The summed E-state index contributed by atoms with van der Waals surface area (Å²) >= 11 is 5.59. The van der Waals surface area contributed by atoms with Crippen LogP contribution >= 0.6 is 11.6 Å². The first-order chi connectivity index (χ1) is 17.2. The molecule has 1 fully saturated rings. The Balaban J connectivity index is 1.50. The summed E-state index contributed by atoms with van der Waals surface area (Å²) in [6, 6.07) is 14.0. The Labute approximate surface area is 218 Å². The van der Waals surface area contributed by atoms with Crippen LogP contribution in [0.15, 0.2) is 54.6 Å². The quantitative estimate of drug-likeness (QED) is 0.331. The number of likely N-dealkylation sites (tertiary alicyclic amines) is 1. The first kappa shape index (κ1) is 26.3. The monoisotopic (exact) mass is 580 g/mol. The van der Waals surface area contributed by atoms with Gasteiger partial charge in [0.15, 0.2) is 0 Å². The van der Waals surface area contributed by atoms with Crippen LogP contribution in [0.3, 0.4) is 0 Å². The molecule has 3 aromatic rings. The second-order valence-electron chi connectivity index (χ2n) is 8.20. The van der Waals surface area contributed by atoms with E-state index in [9.17, 15) is 22.8 Å². The van der Waals surface area contributed by atoms with Crippen LogP contribution in [0.1, 0.15) is 35.8 Å². The van der Waals surface area contributed by atoms with E-state index in [0.29, 0.717) is 36.5 Å². The molecule has 2 aromatic carbocycles. The molecule has 11 heteroatoms. The van der Waals surface area contributed by atoms with Crippen LogP contribution in [-0.4, -0.2) is 60.8 Å². The molecule has 1 saturated heterocycles. The zero-order valence-electron chi connectivity index (χ0n) is 19.3. The topological polar surface area (TPSA) is 64.4 Å². The molecular weight excluding hydrogens is 558 g/mol. The Morgan fingerprint density at radius 1 is 1.11 bits per heavy atom. The van der Waals surface area contributed by atoms with E-state index in [2.05, 4.69) is 5.10 Å². The number of hydrogen-bond donors (Lipinski definition) is 0. The summed E-state index contributed by atoms with van der Waals surface area (Å²) in [6.07, 6.45) is -3.44. The Morgan fingerprint density at radius 2 is 1.78 bits per heavy atom. The Bertz CT molecular complexity index is 1240. The van der Waals surface area contributed by atoms with Crippen molar-refractivity contribution in [2.24, 2.45) is 0 Å². The molecule has 36 heavy (non-hydrogen) atoms. The molecule has 189 valence electrons. The molecule has 0 aliphatic carbocycles. The second kappa shape index (κ2) is 11.1. The minimum absolute atomic E-state index is 0.0444. The molecule has 0 unspecified atom stereocenters. The maximum absolute atomic E-state index is 13.4. The molecule has 0 spiro atoms. The maximum atomic E-state index is 13.4. The minimum atomic E-state index is -4.62. The van der Waals surface area contributed by atoms with E-state index in [0.717, 1.165) is 18.9 Å². The van der Waals surface area contributed by atoms with Gasteiger partial charge in [-0.1, -0.05) is 0 Å². The fourth-order valence-corrected chi connectivity index (χ4v) is 6.51. The molecule has 6 nitrogen and oxygen atoms in total. The van der Waals surface area contributed by atoms with Crippen molar-refractivity contribution in [3.63, 3.8) is 0 Å². The number of para-hydroxylation sites is 1. The van der Waals surface area contributed by atoms with Crippen LogP contribution in [0.2, 0.25) is 9.73 Å². The van der Waals surface area contributed by atoms with Crippen molar-refractivity contribution < 1.29 is 27.5 Å². The van der Waals surface area contributed by atoms with Gasteiger partial charge in [-0.25, -0.2) is 0 Å². The molecule has 2 heterocycles. The summed E-state index contributed by atoms with van der Waals surface area (Å²) in [5.74, 6) is 0. The third-order valence-electron chi connectivity index (χ3n) is 5.80. The summed E-state index contributed by atoms with van der Waals surface area (Å²) in [5.41, 5.74) is 0.509. The predicted octanol–water partition coefficient (Wildman–Crippen LogP) is 6.10.